The molecule has 4 fully saturated rings. The van der Waals surface area contributed by atoms with Crippen molar-refractivity contribution >= 4 is 22.8 Å². The molecule has 1 heterocycles. The molecular formula is C20H24N4O2S. The van der Waals surface area contributed by atoms with Crippen LogP contribution in [-0.2, 0) is 21.4 Å². The fourth-order valence-electron chi connectivity index (χ4n) is 6.06. The van der Waals surface area contributed by atoms with Crippen LogP contribution in [0.4, 0.5) is 5.69 Å². The Morgan fingerprint density at radius 3 is 2.33 bits per heavy atom. The number of aromatic amines is 1. The van der Waals surface area contributed by atoms with Gasteiger partial charge in [0.1, 0.15) is 6.33 Å². The lowest BCUT2D eigenvalue weighted by atomic mass is 9.48. The van der Waals surface area contributed by atoms with E-state index in [0.29, 0.717) is 5.41 Å². The van der Waals surface area contributed by atoms with E-state index in [2.05, 4.69) is 32.6 Å². The monoisotopic (exact) mass is 384 g/mol. The van der Waals surface area contributed by atoms with Crippen LogP contribution in [-0.4, -0.2) is 31.4 Å². The van der Waals surface area contributed by atoms with Gasteiger partial charge >= 0.3 is 5.16 Å². The third-order valence-corrected chi connectivity index (χ3v) is 7.85. The SMILES string of the molecule is O=C(C[S+]([O-])c1nnc[nH]1)Nc1ccc(C23CC4CC(CC(C4)C2)C3)cc1. The van der Waals surface area contributed by atoms with Crippen molar-refractivity contribution in [2.45, 2.75) is 49.1 Å². The second-order valence-corrected chi connectivity index (χ2v) is 9.97. The quantitative estimate of drug-likeness (QED) is 0.775. The number of anilines is 1. The predicted octanol–water partition coefficient (Wildman–Crippen LogP) is 3.02. The van der Waals surface area contributed by atoms with Crippen molar-refractivity contribution in [3.05, 3.63) is 36.2 Å². The van der Waals surface area contributed by atoms with Crippen molar-refractivity contribution in [2.24, 2.45) is 17.8 Å². The molecule has 0 spiro atoms. The zero-order valence-corrected chi connectivity index (χ0v) is 16.0. The number of aromatic nitrogens is 3. The normalized spacial score (nSPS) is 32.4. The zero-order chi connectivity index (χ0) is 18.4. The lowest BCUT2D eigenvalue weighted by Gasteiger charge is -2.57. The maximum absolute atomic E-state index is 12.2. The number of hydrogen-bond donors (Lipinski definition) is 2. The van der Waals surface area contributed by atoms with Gasteiger partial charge in [0, 0.05) is 16.9 Å². The number of carbonyl (C=O) groups excluding carboxylic acids is 1. The van der Waals surface area contributed by atoms with Gasteiger partial charge < -0.3 is 9.87 Å². The molecule has 4 aliphatic rings. The van der Waals surface area contributed by atoms with Gasteiger partial charge in [-0.15, -0.1) is 5.10 Å². The van der Waals surface area contributed by atoms with E-state index in [1.54, 1.807) is 0 Å². The van der Waals surface area contributed by atoms with E-state index in [1.165, 1.54) is 50.4 Å². The van der Waals surface area contributed by atoms with Crippen molar-refractivity contribution in [3.63, 3.8) is 0 Å². The van der Waals surface area contributed by atoms with Crippen LogP contribution in [0.1, 0.15) is 44.1 Å². The summed E-state index contributed by atoms with van der Waals surface area (Å²) in [5.74, 6) is 2.34. The smallest absolute Gasteiger partial charge is 0.340 e. The fraction of sp³-hybridized carbons (Fsp3) is 0.550. The zero-order valence-electron chi connectivity index (χ0n) is 15.2. The molecule has 6 rings (SSSR count). The van der Waals surface area contributed by atoms with Crippen LogP contribution in [0.25, 0.3) is 0 Å². The van der Waals surface area contributed by atoms with Crippen molar-refractivity contribution in [3.8, 4) is 0 Å². The summed E-state index contributed by atoms with van der Waals surface area (Å²) < 4.78 is 12.0. The molecular weight excluding hydrogens is 360 g/mol. The number of benzene rings is 1. The van der Waals surface area contributed by atoms with Gasteiger partial charge in [0.25, 0.3) is 5.91 Å². The minimum absolute atomic E-state index is 0.133. The highest BCUT2D eigenvalue weighted by Crippen LogP contribution is 2.60. The topological polar surface area (TPSA) is 93.7 Å². The van der Waals surface area contributed by atoms with Crippen LogP contribution >= 0.6 is 0 Å². The summed E-state index contributed by atoms with van der Waals surface area (Å²) in [4.78, 5) is 14.8. The van der Waals surface area contributed by atoms with E-state index in [0.717, 1.165) is 23.4 Å². The maximum Gasteiger partial charge on any atom is 0.340 e. The molecule has 1 atom stereocenters. The highest BCUT2D eigenvalue weighted by Gasteiger charge is 2.51. The lowest BCUT2D eigenvalue weighted by Crippen LogP contribution is -2.48. The third-order valence-electron chi connectivity index (χ3n) is 6.69. The van der Waals surface area contributed by atoms with Gasteiger partial charge in [-0.25, -0.2) is 0 Å². The number of H-pyrrole nitrogens is 1. The Kier molecular flexibility index (Phi) is 4.24. The summed E-state index contributed by atoms with van der Waals surface area (Å²) in [5.41, 5.74) is 2.55. The van der Waals surface area contributed by atoms with Crippen molar-refractivity contribution < 1.29 is 9.35 Å². The van der Waals surface area contributed by atoms with Crippen LogP contribution in [0.15, 0.2) is 35.7 Å². The minimum Gasteiger partial charge on any atom is -0.609 e. The molecule has 2 aromatic rings. The average molecular weight is 385 g/mol. The van der Waals surface area contributed by atoms with E-state index in [-0.39, 0.29) is 16.8 Å². The molecule has 4 saturated carbocycles. The molecule has 2 N–H and O–H groups in total. The van der Waals surface area contributed by atoms with Gasteiger partial charge in [0.05, 0.1) is 0 Å². The summed E-state index contributed by atoms with van der Waals surface area (Å²) in [7, 11) is 0. The Morgan fingerprint density at radius 1 is 1.15 bits per heavy atom. The first kappa shape index (κ1) is 17.3. The molecule has 0 aliphatic heterocycles. The third kappa shape index (κ3) is 3.27. The largest absolute Gasteiger partial charge is 0.609 e. The van der Waals surface area contributed by atoms with Crippen molar-refractivity contribution in [2.75, 3.05) is 11.1 Å². The van der Waals surface area contributed by atoms with Gasteiger partial charge in [-0.2, -0.15) is 0 Å². The lowest BCUT2D eigenvalue weighted by molar-refractivity contribution is -0.113. The standard InChI is InChI=1S/C20H24N4O2S/c25-18(11-27(26)19-21-12-22-24-19)23-17-3-1-16(2-4-17)20-8-13-5-14(9-20)7-15(6-13)10-20/h1-4,12-15H,5-11H2,(H,23,25)(H,21,22,24). The molecule has 142 valence electrons. The molecule has 6 nitrogen and oxygen atoms in total. The second kappa shape index (κ2) is 6.63. The first-order valence-electron chi connectivity index (χ1n) is 9.74. The summed E-state index contributed by atoms with van der Waals surface area (Å²) in [6, 6.07) is 8.36. The molecule has 1 aromatic carbocycles. The summed E-state index contributed by atoms with van der Waals surface area (Å²) in [6.45, 7) is 0. The molecule has 1 aromatic heterocycles. The van der Waals surface area contributed by atoms with Gasteiger partial charge in [0.15, 0.2) is 5.75 Å². The minimum atomic E-state index is -1.51. The van der Waals surface area contributed by atoms with E-state index in [4.69, 9.17) is 0 Å². The van der Waals surface area contributed by atoms with E-state index in [1.807, 2.05) is 12.1 Å². The van der Waals surface area contributed by atoms with Crippen LogP contribution in [0.2, 0.25) is 0 Å². The first-order valence-corrected chi connectivity index (χ1v) is 11.1. The van der Waals surface area contributed by atoms with Gasteiger partial charge in [-0.05, 0) is 79.4 Å². The molecule has 4 bridgehead atoms. The summed E-state index contributed by atoms with van der Waals surface area (Å²) in [6.07, 6.45) is 9.68. The van der Waals surface area contributed by atoms with Gasteiger partial charge in [-0.3, -0.25) is 9.78 Å². The Labute approximate surface area is 161 Å². The van der Waals surface area contributed by atoms with E-state index >= 15 is 0 Å². The Balaban J connectivity index is 1.25. The molecule has 27 heavy (non-hydrogen) atoms. The number of nitrogens with zero attached hydrogens (tertiary/aromatic N) is 2. The first-order chi connectivity index (χ1) is 13.1. The number of carbonyl (C=O) groups is 1. The molecule has 1 unspecified atom stereocenters. The van der Waals surface area contributed by atoms with Crippen LogP contribution in [0, 0.1) is 17.8 Å². The van der Waals surface area contributed by atoms with Crippen LogP contribution in [0.3, 0.4) is 0 Å². The average Bonchev–Trinajstić information content (AvgIpc) is 3.16. The highest BCUT2D eigenvalue weighted by atomic mass is 32.2. The fourth-order valence-corrected chi connectivity index (χ4v) is 6.83. The number of hydrogen-bond acceptors (Lipinski definition) is 4. The highest BCUT2D eigenvalue weighted by molar-refractivity contribution is 7.91. The predicted molar refractivity (Wildman–Crippen MR) is 103 cm³/mol. The Bertz CT molecular complexity index is 786. The Hall–Kier alpha value is -1.86. The Morgan fingerprint density at radius 2 is 1.78 bits per heavy atom. The van der Waals surface area contributed by atoms with Gasteiger partial charge in [0.2, 0.25) is 0 Å². The maximum atomic E-state index is 12.2. The summed E-state index contributed by atoms with van der Waals surface area (Å²) in [5, 5.41) is 10.3. The molecule has 0 saturated heterocycles. The second-order valence-electron chi connectivity index (χ2n) is 8.61. The van der Waals surface area contributed by atoms with E-state index in [9.17, 15) is 9.35 Å². The molecule has 7 heteroatoms. The van der Waals surface area contributed by atoms with Crippen LogP contribution < -0.4 is 5.32 Å². The number of amides is 1. The molecule has 1 amide bonds. The summed E-state index contributed by atoms with van der Waals surface area (Å²) >= 11 is -1.51. The molecule has 0 radical (unpaired) electrons. The number of nitrogens with one attached hydrogen (secondary N) is 2. The van der Waals surface area contributed by atoms with Gasteiger partial charge in [-0.1, -0.05) is 17.2 Å². The van der Waals surface area contributed by atoms with Crippen LogP contribution in [0.5, 0.6) is 0 Å². The van der Waals surface area contributed by atoms with Crippen molar-refractivity contribution in [1.29, 1.82) is 0 Å². The number of rotatable bonds is 5. The van der Waals surface area contributed by atoms with E-state index < -0.39 is 11.2 Å². The molecule has 4 aliphatic carbocycles. The van der Waals surface area contributed by atoms with Crippen molar-refractivity contribution in [1.82, 2.24) is 15.2 Å².